The molecule has 1 rings (SSSR count). The van der Waals surface area contributed by atoms with Gasteiger partial charge in [0, 0.05) is 13.1 Å². The van der Waals surface area contributed by atoms with Gasteiger partial charge in [-0.2, -0.15) is 0 Å². The van der Waals surface area contributed by atoms with Gasteiger partial charge in [-0.05, 0) is 51.6 Å². The highest BCUT2D eigenvalue weighted by atomic mass is 16.3. The van der Waals surface area contributed by atoms with Crippen molar-refractivity contribution in [3.8, 4) is 0 Å². The van der Waals surface area contributed by atoms with Crippen molar-refractivity contribution in [3.05, 3.63) is 0 Å². The zero-order valence-electron chi connectivity index (χ0n) is 10.2. The molecule has 3 N–H and O–H groups in total. The van der Waals surface area contributed by atoms with Crippen molar-refractivity contribution in [1.82, 2.24) is 4.90 Å². The minimum absolute atomic E-state index is 0.523. The van der Waals surface area contributed by atoms with Crippen molar-refractivity contribution >= 4 is 0 Å². The van der Waals surface area contributed by atoms with E-state index in [9.17, 15) is 5.11 Å². The van der Waals surface area contributed by atoms with Crippen LogP contribution in [0.2, 0.25) is 0 Å². The molecular weight excluding hydrogens is 188 g/mol. The molecule has 1 heterocycles. The lowest BCUT2D eigenvalue weighted by molar-refractivity contribution is 0.00374. The number of β-amino-alcohol motifs (C(OH)–C–C–N with tert-alkyl or cyclic N) is 1. The monoisotopic (exact) mass is 214 g/mol. The third-order valence-corrected chi connectivity index (χ3v) is 3.50. The van der Waals surface area contributed by atoms with Crippen LogP contribution in [0.1, 0.15) is 39.5 Å². The maximum absolute atomic E-state index is 10.0. The largest absolute Gasteiger partial charge is 0.389 e. The molecule has 0 saturated carbocycles. The molecule has 90 valence electrons. The van der Waals surface area contributed by atoms with Crippen LogP contribution < -0.4 is 5.73 Å². The van der Waals surface area contributed by atoms with Gasteiger partial charge >= 0.3 is 0 Å². The number of aliphatic hydroxyl groups is 1. The van der Waals surface area contributed by atoms with Gasteiger partial charge in [-0.3, -0.25) is 0 Å². The average Bonchev–Trinajstić information content (AvgIpc) is 2.18. The summed E-state index contributed by atoms with van der Waals surface area (Å²) in [5.41, 5.74) is 5.07. The lowest BCUT2D eigenvalue weighted by Crippen LogP contribution is -2.45. The van der Waals surface area contributed by atoms with Crippen molar-refractivity contribution < 1.29 is 5.11 Å². The van der Waals surface area contributed by atoms with Gasteiger partial charge in [0.1, 0.15) is 0 Å². The molecule has 0 radical (unpaired) electrons. The van der Waals surface area contributed by atoms with Gasteiger partial charge in [0.2, 0.25) is 0 Å². The summed E-state index contributed by atoms with van der Waals surface area (Å²) in [5, 5.41) is 10.0. The summed E-state index contributed by atoms with van der Waals surface area (Å²) < 4.78 is 0. The number of nitrogens with two attached hydrogens (primary N) is 1. The summed E-state index contributed by atoms with van der Waals surface area (Å²) in [6, 6.07) is 0. The SMILES string of the molecule is CCC(C)(O)CN1CCCC(CCN)C1. The third kappa shape index (κ3) is 4.49. The van der Waals surface area contributed by atoms with Gasteiger partial charge in [-0.25, -0.2) is 0 Å². The highest BCUT2D eigenvalue weighted by Crippen LogP contribution is 2.21. The van der Waals surface area contributed by atoms with Gasteiger partial charge in [0.05, 0.1) is 5.60 Å². The zero-order chi connectivity index (χ0) is 11.3. The van der Waals surface area contributed by atoms with Gasteiger partial charge < -0.3 is 15.7 Å². The van der Waals surface area contributed by atoms with Gasteiger partial charge in [0.15, 0.2) is 0 Å². The summed E-state index contributed by atoms with van der Waals surface area (Å²) in [4.78, 5) is 2.40. The predicted octanol–water partition coefficient (Wildman–Crippen LogP) is 1.21. The first-order chi connectivity index (χ1) is 7.07. The fourth-order valence-corrected chi connectivity index (χ4v) is 2.36. The lowest BCUT2D eigenvalue weighted by atomic mass is 9.93. The van der Waals surface area contributed by atoms with Crippen LogP contribution in [0, 0.1) is 5.92 Å². The van der Waals surface area contributed by atoms with Crippen molar-refractivity contribution in [1.29, 1.82) is 0 Å². The highest BCUT2D eigenvalue weighted by Gasteiger charge is 2.25. The molecule has 3 heteroatoms. The third-order valence-electron chi connectivity index (χ3n) is 3.50. The standard InChI is InChI=1S/C12H26N2O/c1-3-12(2,15)10-14-8-4-5-11(9-14)6-7-13/h11,15H,3-10,13H2,1-2H3. The van der Waals surface area contributed by atoms with Gasteiger partial charge in [-0.15, -0.1) is 0 Å². The first-order valence-corrected chi connectivity index (χ1v) is 6.22. The van der Waals surface area contributed by atoms with E-state index in [0.717, 1.165) is 44.9 Å². The number of piperidine rings is 1. The molecule has 1 aliphatic heterocycles. The van der Waals surface area contributed by atoms with Crippen LogP contribution in [0.4, 0.5) is 0 Å². The zero-order valence-corrected chi connectivity index (χ0v) is 10.2. The molecule has 0 spiro atoms. The number of rotatable bonds is 5. The van der Waals surface area contributed by atoms with Crippen LogP contribution in [0.25, 0.3) is 0 Å². The second-order valence-corrected chi connectivity index (χ2v) is 5.17. The second kappa shape index (κ2) is 5.83. The lowest BCUT2D eigenvalue weighted by Gasteiger charge is -2.37. The van der Waals surface area contributed by atoms with Gasteiger partial charge in [0.25, 0.3) is 0 Å². The van der Waals surface area contributed by atoms with Gasteiger partial charge in [-0.1, -0.05) is 6.92 Å². The minimum atomic E-state index is -0.523. The number of hydrogen-bond donors (Lipinski definition) is 2. The number of hydrogen-bond acceptors (Lipinski definition) is 3. The molecule has 3 nitrogen and oxygen atoms in total. The van der Waals surface area contributed by atoms with Crippen LogP contribution in [0.5, 0.6) is 0 Å². The maximum Gasteiger partial charge on any atom is 0.0743 e. The Labute approximate surface area is 93.6 Å². The van der Waals surface area contributed by atoms with Crippen LogP contribution in [0.3, 0.4) is 0 Å². The molecular formula is C12H26N2O. The maximum atomic E-state index is 10.0. The Bertz CT molecular complexity index is 180. The first kappa shape index (κ1) is 12.9. The summed E-state index contributed by atoms with van der Waals surface area (Å²) >= 11 is 0. The first-order valence-electron chi connectivity index (χ1n) is 6.22. The molecule has 0 bridgehead atoms. The molecule has 0 aromatic heterocycles. The molecule has 2 atom stereocenters. The van der Waals surface area contributed by atoms with E-state index in [1.807, 2.05) is 13.8 Å². The molecule has 0 amide bonds. The Morgan fingerprint density at radius 3 is 2.87 bits per heavy atom. The predicted molar refractivity (Wildman–Crippen MR) is 63.8 cm³/mol. The van der Waals surface area contributed by atoms with E-state index in [1.165, 1.54) is 12.8 Å². The van der Waals surface area contributed by atoms with E-state index in [-0.39, 0.29) is 0 Å². The molecule has 1 saturated heterocycles. The molecule has 0 aliphatic carbocycles. The summed E-state index contributed by atoms with van der Waals surface area (Å²) in [5.74, 6) is 0.747. The van der Waals surface area contributed by atoms with Crippen molar-refractivity contribution in [3.63, 3.8) is 0 Å². The fraction of sp³-hybridized carbons (Fsp3) is 1.00. The summed E-state index contributed by atoms with van der Waals surface area (Å²) in [6.07, 6.45) is 4.52. The van der Waals surface area contributed by atoms with E-state index in [4.69, 9.17) is 5.73 Å². The Morgan fingerprint density at radius 1 is 1.53 bits per heavy atom. The fourth-order valence-electron chi connectivity index (χ4n) is 2.36. The topological polar surface area (TPSA) is 49.5 Å². The molecule has 2 unspecified atom stereocenters. The molecule has 0 aromatic carbocycles. The highest BCUT2D eigenvalue weighted by molar-refractivity contribution is 4.80. The molecule has 1 aliphatic rings. The Hall–Kier alpha value is -0.120. The van der Waals surface area contributed by atoms with Crippen LogP contribution in [0.15, 0.2) is 0 Å². The van der Waals surface area contributed by atoms with Crippen LogP contribution in [-0.4, -0.2) is 41.8 Å². The van der Waals surface area contributed by atoms with E-state index in [0.29, 0.717) is 0 Å². The normalized spacial score (nSPS) is 27.6. The molecule has 1 fully saturated rings. The smallest absolute Gasteiger partial charge is 0.0743 e. The van der Waals surface area contributed by atoms with E-state index >= 15 is 0 Å². The van der Waals surface area contributed by atoms with Crippen molar-refractivity contribution in [2.24, 2.45) is 11.7 Å². The van der Waals surface area contributed by atoms with E-state index in [2.05, 4.69) is 4.90 Å². The number of likely N-dealkylation sites (tertiary alicyclic amines) is 1. The molecule has 15 heavy (non-hydrogen) atoms. The second-order valence-electron chi connectivity index (χ2n) is 5.17. The van der Waals surface area contributed by atoms with Crippen molar-refractivity contribution in [2.45, 2.75) is 45.1 Å². The van der Waals surface area contributed by atoms with E-state index in [1.54, 1.807) is 0 Å². The minimum Gasteiger partial charge on any atom is -0.389 e. The number of nitrogens with zero attached hydrogens (tertiary/aromatic N) is 1. The van der Waals surface area contributed by atoms with Crippen molar-refractivity contribution in [2.75, 3.05) is 26.2 Å². The van der Waals surface area contributed by atoms with Crippen LogP contribution >= 0.6 is 0 Å². The Morgan fingerprint density at radius 2 is 2.27 bits per heavy atom. The molecule has 0 aromatic rings. The summed E-state index contributed by atoms with van der Waals surface area (Å²) in [6.45, 7) is 7.83. The Balaban J connectivity index is 2.36. The van der Waals surface area contributed by atoms with Crippen LogP contribution in [-0.2, 0) is 0 Å². The van der Waals surface area contributed by atoms with E-state index < -0.39 is 5.60 Å². The average molecular weight is 214 g/mol. The summed E-state index contributed by atoms with van der Waals surface area (Å²) in [7, 11) is 0. The quantitative estimate of drug-likeness (QED) is 0.723. The Kier molecular flexibility index (Phi) is 5.03.